The van der Waals surface area contributed by atoms with Crippen LogP contribution < -0.4 is 0 Å². The van der Waals surface area contributed by atoms with Crippen LogP contribution in [0.5, 0.6) is 0 Å². The summed E-state index contributed by atoms with van der Waals surface area (Å²) in [6.45, 7) is 15.4. The normalized spacial score (nSPS) is 8.00. The SMILES string of the molecule is C=C=C(C)C(=C=C)C(C)=C(C)C. The average molecular weight is 160 g/mol. The molecule has 0 radical (unpaired) electrons. The van der Waals surface area contributed by atoms with E-state index in [2.05, 4.69) is 45.4 Å². The molecular formula is C12H16. The van der Waals surface area contributed by atoms with E-state index in [1.807, 2.05) is 6.92 Å². The van der Waals surface area contributed by atoms with E-state index < -0.39 is 0 Å². The second-order valence-corrected chi connectivity index (χ2v) is 2.98. The average Bonchev–Trinajstić information content (AvgIpc) is 2.05. The van der Waals surface area contributed by atoms with Gasteiger partial charge >= 0.3 is 0 Å². The van der Waals surface area contributed by atoms with Crippen molar-refractivity contribution in [2.75, 3.05) is 0 Å². The van der Waals surface area contributed by atoms with E-state index in [4.69, 9.17) is 0 Å². The van der Waals surface area contributed by atoms with Crippen LogP contribution in [0.1, 0.15) is 27.7 Å². The molecule has 0 nitrogen and oxygen atoms in total. The molecule has 0 amide bonds. The molecule has 0 spiro atoms. The maximum Gasteiger partial charge on any atom is 0.0293 e. The van der Waals surface area contributed by atoms with E-state index in [1.165, 1.54) is 11.1 Å². The van der Waals surface area contributed by atoms with Gasteiger partial charge in [0.2, 0.25) is 0 Å². The van der Waals surface area contributed by atoms with Crippen LogP contribution in [0.15, 0.2) is 46.9 Å². The van der Waals surface area contributed by atoms with Crippen LogP contribution in [-0.2, 0) is 0 Å². The Balaban J connectivity index is 5.27. The number of rotatable bonds is 2. The van der Waals surface area contributed by atoms with Crippen LogP contribution in [0.25, 0.3) is 0 Å². The van der Waals surface area contributed by atoms with E-state index >= 15 is 0 Å². The molecule has 0 N–H and O–H groups in total. The molecule has 0 heteroatoms. The lowest BCUT2D eigenvalue weighted by molar-refractivity contribution is 1.23. The van der Waals surface area contributed by atoms with Gasteiger partial charge in [0.05, 0.1) is 0 Å². The largest absolute Gasteiger partial charge is 0.124 e. The highest BCUT2D eigenvalue weighted by atomic mass is 14.0. The molecule has 0 fully saturated rings. The summed E-state index contributed by atoms with van der Waals surface area (Å²) in [5.41, 5.74) is 10.3. The van der Waals surface area contributed by atoms with Crippen molar-refractivity contribution in [3.05, 3.63) is 46.9 Å². The second-order valence-electron chi connectivity index (χ2n) is 2.98. The van der Waals surface area contributed by atoms with E-state index in [0.29, 0.717) is 0 Å². The molecule has 0 rings (SSSR count). The van der Waals surface area contributed by atoms with Gasteiger partial charge in [-0.1, -0.05) is 18.7 Å². The van der Waals surface area contributed by atoms with Gasteiger partial charge in [0.15, 0.2) is 0 Å². The summed E-state index contributed by atoms with van der Waals surface area (Å²) in [7, 11) is 0. The van der Waals surface area contributed by atoms with Gasteiger partial charge in [0, 0.05) is 11.1 Å². The monoisotopic (exact) mass is 160 g/mol. The van der Waals surface area contributed by atoms with E-state index in [0.717, 1.165) is 11.1 Å². The zero-order chi connectivity index (χ0) is 9.72. The predicted molar refractivity (Wildman–Crippen MR) is 55.0 cm³/mol. The van der Waals surface area contributed by atoms with Crippen molar-refractivity contribution in [3.8, 4) is 0 Å². The molecule has 0 aromatic heterocycles. The van der Waals surface area contributed by atoms with Crippen LogP contribution in [0, 0.1) is 0 Å². The summed E-state index contributed by atoms with van der Waals surface area (Å²) in [4.78, 5) is 0. The summed E-state index contributed by atoms with van der Waals surface area (Å²) < 4.78 is 0. The van der Waals surface area contributed by atoms with Gasteiger partial charge in [-0.25, -0.2) is 0 Å². The third-order valence-corrected chi connectivity index (χ3v) is 1.94. The summed E-state index contributed by atoms with van der Waals surface area (Å²) >= 11 is 0. The molecule has 0 bridgehead atoms. The minimum atomic E-state index is 1.00. The van der Waals surface area contributed by atoms with Gasteiger partial charge in [-0.3, -0.25) is 0 Å². The van der Waals surface area contributed by atoms with E-state index in [9.17, 15) is 0 Å². The molecule has 0 atom stereocenters. The first-order valence-electron chi connectivity index (χ1n) is 3.96. The van der Waals surface area contributed by atoms with Crippen LogP contribution in [0.3, 0.4) is 0 Å². The lowest BCUT2D eigenvalue weighted by Crippen LogP contribution is -1.87. The number of hydrogen-bond donors (Lipinski definition) is 0. The highest BCUT2D eigenvalue weighted by Gasteiger charge is 2.01. The van der Waals surface area contributed by atoms with Crippen molar-refractivity contribution in [2.24, 2.45) is 0 Å². The highest BCUT2D eigenvalue weighted by Crippen LogP contribution is 2.19. The van der Waals surface area contributed by atoms with Crippen molar-refractivity contribution >= 4 is 0 Å². The number of hydrogen-bond acceptors (Lipinski definition) is 0. The van der Waals surface area contributed by atoms with Crippen molar-refractivity contribution < 1.29 is 0 Å². The highest BCUT2D eigenvalue weighted by molar-refractivity contribution is 5.44. The van der Waals surface area contributed by atoms with Crippen LogP contribution in [-0.4, -0.2) is 0 Å². The van der Waals surface area contributed by atoms with Crippen molar-refractivity contribution in [1.82, 2.24) is 0 Å². The summed E-state index contributed by atoms with van der Waals surface area (Å²) in [5, 5.41) is 0. The van der Waals surface area contributed by atoms with Crippen LogP contribution in [0.2, 0.25) is 0 Å². The predicted octanol–water partition coefficient (Wildman–Crippen LogP) is 3.79. The maximum atomic E-state index is 3.65. The molecule has 0 saturated heterocycles. The molecule has 0 aromatic rings. The Labute approximate surface area is 75.3 Å². The minimum Gasteiger partial charge on any atom is -0.124 e. The van der Waals surface area contributed by atoms with Gasteiger partial charge in [0.25, 0.3) is 0 Å². The molecule has 0 unspecified atom stereocenters. The van der Waals surface area contributed by atoms with Gasteiger partial charge < -0.3 is 0 Å². The Morgan fingerprint density at radius 3 is 1.67 bits per heavy atom. The fourth-order valence-corrected chi connectivity index (χ4v) is 0.885. The summed E-state index contributed by atoms with van der Waals surface area (Å²) in [5.74, 6) is 0. The zero-order valence-corrected chi connectivity index (χ0v) is 8.41. The second kappa shape index (κ2) is 4.62. The summed E-state index contributed by atoms with van der Waals surface area (Å²) in [6.07, 6.45) is 0. The van der Waals surface area contributed by atoms with Gasteiger partial charge in [0.1, 0.15) is 0 Å². The molecule has 12 heavy (non-hydrogen) atoms. The molecular weight excluding hydrogens is 144 g/mol. The van der Waals surface area contributed by atoms with E-state index in [-0.39, 0.29) is 0 Å². The molecule has 0 saturated carbocycles. The first kappa shape index (κ1) is 10.8. The third kappa shape index (κ3) is 2.43. The lowest BCUT2D eigenvalue weighted by Gasteiger charge is -2.05. The fraction of sp³-hybridized carbons (Fsp3) is 0.333. The smallest absolute Gasteiger partial charge is 0.0293 e. The van der Waals surface area contributed by atoms with Gasteiger partial charge in [-0.2, -0.15) is 0 Å². The topological polar surface area (TPSA) is 0 Å². The molecule has 0 aromatic carbocycles. The zero-order valence-electron chi connectivity index (χ0n) is 8.41. The molecule has 0 aliphatic heterocycles. The Morgan fingerprint density at radius 2 is 1.42 bits per heavy atom. The fourth-order valence-electron chi connectivity index (χ4n) is 0.885. The van der Waals surface area contributed by atoms with Crippen molar-refractivity contribution in [1.29, 1.82) is 0 Å². The van der Waals surface area contributed by atoms with E-state index in [1.54, 1.807) is 0 Å². The third-order valence-electron chi connectivity index (χ3n) is 1.94. The molecule has 0 aliphatic carbocycles. The molecule has 64 valence electrons. The minimum absolute atomic E-state index is 1.00. The lowest BCUT2D eigenvalue weighted by atomic mass is 9.98. The Bertz CT molecular complexity index is 297. The van der Waals surface area contributed by atoms with Crippen molar-refractivity contribution in [3.63, 3.8) is 0 Å². The standard InChI is InChI=1S/C12H16/c1-7-10(5)12(8-2)11(6)9(3)4/h1-2H2,3-6H3. The van der Waals surface area contributed by atoms with Crippen LogP contribution >= 0.6 is 0 Å². The van der Waals surface area contributed by atoms with Gasteiger partial charge in [-0.15, -0.1) is 11.5 Å². The Kier molecular flexibility index (Phi) is 4.15. The van der Waals surface area contributed by atoms with Gasteiger partial charge in [-0.05, 0) is 33.3 Å². The maximum absolute atomic E-state index is 3.65. The first-order valence-corrected chi connectivity index (χ1v) is 3.96. The van der Waals surface area contributed by atoms with Crippen LogP contribution in [0.4, 0.5) is 0 Å². The summed E-state index contributed by atoms with van der Waals surface area (Å²) in [6, 6.07) is 0. The Morgan fingerprint density at radius 1 is 0.917 bits per heavy atom. The molecule has 0 heterocycles. The van der Waals surface area contributed by atoms with Crippen molar-refractivity contribution in [2.45, 2.75) is 27.7 Å². The molecule has 0 aliphatic rings. The quantitative estimate of drug-likeness (QED) is 0.426. The Hall–Kier alpha value is -1.22. The number of allylic oxidation sites excluding steroid dienone is 4. The first-order chi connectivity index (χ1) is 5.54.